The molecule has 16 heavy (non-hydrogen) atoms. The van der Waals surface area contributed by atoms with Gasteiger partial charge >= 0.3 is 0 Å². The van der Waals surface area contributed by atoms with Crippen LogP contribution < -0.4 is 5.32 Å². The third kappa shape index (κ3) is 3.57. The Morgan fingerprint density at radius 1 is 1.56 bits per heavy atom. The standard InChI is InChI=1S/C11H15BrN2S2/c1-8-4-9(12)5-13-11(8)14-6-10-7-15-2-3-16-10/h4-5,10H,2-3,6-7H2,1H3,(H,13,14). The predicted octanol–water partition coefficient (Wildman–Crippen LogP) is 3.41. The lowest BCUT2D eigenvalue weighted by molar-refractivity contribution is 0.988. The highest BCUT2D eigenvalue weighted by Gasteiger charge is 2.14. The van der Waals surface area contributed by atoms with Crippen molar-refractivity contribution >= 4 is 45.3 Å². The summed E-state index contributed by atoms with van der Waals surface area (Å²) < 4.78 is 1.04. The number of aromatic nitrogens is 1. The van der Waals surface area contributed by atoms with Crippen molar-refractivity contribution in [2.24, 2.45) is 0 Å². The fourth-order valence-electron chi connectivity index (χ4n) is 1.59. The number of nitrogens with one attached hydrogen (secondary N) is 1. The molecule has 1 unspecified atom stereocenters. The zero-order chi connectivity index (χ0) is 11.4. The van der Waals surface area contributed by atoms with Crippen LogP contribution in [0.25, 0.3) is 0 Å². The normalized spacial score (nSPS) is 20.8. The highest BCUT2D eigenvalue weighted by molar-refractivity contribution is 9.10. The van der Waals surface area contributed by atoms with Crippen molar-refractivity contribution in [3.05, 3.63) is 22.3 Å². The largest absolute Gasteiger partial charge is 0.369 e. The zero-order valence-corrected chi connectivity index (χ0v) is 12.4. The molecule has 0 aromatic carbocycles. The maximum Gasteiger partial charge on any atom is 0.128 e. The number of halogens is 1. The number of nitrogens with zero attached hydrogens (tertiary/aromatic N) is 1. The number of hydrogen-bond donors (Lipinski definition) is 1. The first-order valence-electron chi connectivity index (χ1n) is 5.31. The molecule has 1 N–H and O–H groups in total. The van der Waals surface area contributed by atoms with Crippen molar-refractivity contribution in [3.63, 3.8) is 0 Å². The number of rotatable bonds is 3. The smallest absolute Gasteiger partial charge is 0.128 e. The van der Waals surface area contributed by atoms with E-state index in [9.17, 15) is 0 Å². The minimum Gasteiger partial charge on any atom is -0.369 e. The first-order chi connectivity index (χ1) is 7.75. The van der Waals surface area contributed by atoms with E-state index in [1.165, 1.54) is 22.8 Å². The number of pyridine rings is 1. The number of thioether (sulfide) groups is 2. The van der Waals surface area contributed by atoms with Crippen molar-refractivity contribution in [2.45, 2.75) is 12.2 Å². The molecule has 1 fully saturated rings. The molecular weight excluding hydrogens is 304 g/mol. The molecule has 5 heteroatoms. The average Bonchev–Trinajstić information content (AvgIpc) is 2.29. The highest BCUT2D eigenvalue weighted by atomic mass is 79.9. The lowest BCUT2D eigenvalue weighted by Gasteiger charge is -2.21. The van der Waals surface area contributed by atoms with Gasteiger partial charge in [0.25, 0.3) is 0 Å². The van der Waals surface area contributed by atoms with E-state index in [0.717, 1.165) is 22.1 Å². The van der Waals surface area contributed by atoms with E-state index >= 15 is 0 Å². The maximum atomic E-state index is 4.39. The Labute approximate surface area is 113 Å². The SMILES string of the molecule is Cc1cc(Br)cnc1NCC1CSCCS1. The Hall–Kier alpha value is 0.130. The summed E-state index contributed by atoms with van der Waals surface area (Å²) in [5.74, 6) is 4.85. The van der Waals surface area contributed by atoms with E-state index < -0.39 is 0 Å². The first kappa shape index (κ1) is 12.6. The molecule has 0 saturated carbocycles. The molecule has 1 aromatic rings. The van der Waals surface area contributed by atoms with E-state index in [2.05, 4.69) is 62.7 Å². The van der Waals surface area contributed by atoms with Gasteiger partial charge < -0.3 is 5.32 Å². The van der Waals surface area contributed by atoms with Gasteiger partial charge in [0.05, 0.1) is 0 Å². The molecule has 0 bridgehead atoms. The van der Waals surface area contributed by atoms with Crippen LogP contribution in [0.1, 0.15) is 5.56 Å². The van der Waals surface area contributed by atoms with Gasteiger partial charge in [0.15, 0.2) is 0 Å². The summed E-state index contributed by atoms with van der Waals surface area (Å²) in [6, 6.07) is 2.10. The van der Waals surface area contributed by atoms with Crippen molar-refractivity contribution in [1.82, 2.24) is 4.98 Å². The Balaban J connectivity index is 1.88. The summed E-state index contributed by atoms with van der Waals surface area (Å²) in [6.07, 6.45) is 1.85. The van der Waals surface area contributed by atoms with E-state index in [4.69, 9.17) is 0 Å². The third-order valence-electron chi connectivity index (χ3n) is 2.43. The van der Waals surface area contributed by atoms with Gasteiger partial charge in [-0.2, -0.15) is 23.5 Å². The molecule has 2 rings (SSSR count). The summed E-state index contributed by atoms with van der Waals surface area (Å²) >= 11 is 7.55. The Bertz CT molecular complexity index is 354. The molecule has 1 aromatic heterocycles. The summed E-state index contributed by atoms with van der Waals surface area (Å²) in [5, 5.41) is 4.17. The first-order valence-corrected chi connectivity index (χ1v) is 8.31. The van der Waals surface area contributed by atoms with E-state index in [1.807, 2.05) is 6.20 Å². The average molecular weight is 319 g/mol. The second-order valence-corrected chi connectivity index (χ2v) is 7.24. The predicted molar refractivity (Wildman–Crippen MR) is 78.7 cm³/mol. The van der Waals surface area contributed by atoms with Crippen molar-refractivity contribution in [1.29, 1.82) is 0 Å². The van der Waals surface area contributed by atoms with Gasteiger partial charge in [0, 0.05) is 39.7 Å². The summed E-state index contributed by atoms with van der Waals surface area (Å²) in [4.78, 5) is 4.39. The van der Waals surface area contributed by atoms with Gasteiger partial charge in [0.1, 0.15) is 5.82 Å². The fourth-order valence-corrected chi connectivity index (χ4v) is 4.65. The molecule has 88 valence electrons. The minimum absolute atomic E-state index is 0.726. The van der Waals surface area contributed by atoms with Gasteiger partial charge in [-0.1, -0.05) is 0 Å². The molecule has 2 heterocycles. The van der Waals surface area contributed by atoms with Gasteiger partial charge in [-0.25, -0.2) is 4.98 Å². The number of anilines is 1. The molecule has 0 amide bonds. The van der Waals surface area contributed by atoms with Crippen molar-refractivity contribution in [2.75, 3.05) is 29.1 Å². The van der Waals surface area contributed by atoms with Crippen molar-refractivity contribution < 1.29 is 0 Å². The summed E-state index contributed by atoms with van der Waals surface area (Å²) in [7, 11) is 0. The van der Waals surface area contributed by atoms with Crippen LogP contribution in [0.3, 0.4) is 0 Å². The lowest BCUT2D eigenvalue weighted by Crippen LogP contribution is -2.23. The molecule has 1 aliphatic rings. The maximum absolute atomic E-state index is 4.39. The van der Waals surface area contributed by atoms with Crippen LogP contribution in [0.15, 0.2) is 16.7 Å². The monoisotopic (exact) mass is 318 g/mol. The highest BCUT2D eigenvalue weighted by Crippen LogP contribution is 2.24. The van der Waals surface area contributed by atoms with E-state index in [-0.39, 0.29) is 0 Å². The van der Waals surface area contributed by atoms with Crippen LogP contribution in [0, 0.1) is 6.92 Å². The van der Waals surface area contributed by atoms with E-state index in [0.29, 0.717) is 0 Å². The molecule has 2 nitrogen and oxygen atoms in total. The second-order valence-electron chi connectivity index (χ2n) is 3.77. The Kier molecular flexibility index (Phi) is 4.85. The number of hydrogen-bond acceptors (Lipinski definition) is 4. The van der Waals surface area contributed by atoms with Gasteiger partial charge in [-0.05, 0) is 34.5 Å². The third-order valence-corrected chi connectivity index (χ3v) is 5.71. The molecule has 0 spiro atoms. The molecule has 0 aliphatic carbocycles. The van der Waals surface area contributed by atoms with Gasteiger partial charge in [-0.15, -0.1) is 0 Å². The molecule has 1 atom stereocenters. The minimum atomic E-state index is 0.726. The molecular formula is C11H15BrN2S2. The fraction of sp³-hybridized carbons (Fsp3) is 0.545. The molecule has 0 radical (unpaired) electrons. The van der Waals surface area contributed by atoms with E-state index in [1.54, 1.807) is 0 Å². The van der Waals surface area contributed by atoms with Gasteiger partial charge in [0.2, 0.25) is 0 Å². The lowest BCUT2D eigenvalue weighted by atomic mass is 10.3. The molecule has 1 aliphatic heterocycles. The van der Waals surface area contributed by atoms with Crippen molar-refractivity contribution in [3.8, 4) is 0 Å². The van der Waals surface area contributed by atoms with Crippen LogP contribution in [0.4, 0.5) is 5.82 Å². The van der Waals surface area contributed by atoms with Crippen LogP contribution >= 0.6 is 39.5 Å². The topological polar surface area (TPSA) is 24.9 Å². The van der Waals surface area contributed by atoms with Crippen LogP contribution in [0.5, 0.6) is 0 Å². The van der Waals surface area contributed by atoms with Crippen LogP contribution in [0.2, 0.25) is 0 Å². The zero-order valence-electron chi connectivity index (χ0n) is 9.20. The van der Waals surface area contributed by atoms with Crippen LogP contribution in [-0.4, -0.2) is 34.0 Å². The quantitative estimate of drug-likeness (QED) is 0.923. The summed E-state index contributed by atoms with van der Waals surface area (Å²) in [6.45, 7) is 3.11. The Morgan fingerprint density at radius 2 is 2.44 bits per heavy atom. The second kappa shape index (κ2) is 6.17. The van der Waals surface area contributed by atoms with Crippen LogP contribution in [-0.2, 0) is 0 Å². The van der Waals surface area contributed by atoms with Gasteiger partial charge in [-0.3, -0.25) is 0 Å². The Morgan fingerprint density at radius 3 is 3.12 bits per heavy atom. The number of aryl methyl sites for hydroxylation is 1. The summed E-state index contributed by atoms with van der Waals surface area (Å²) in [5.41, 5.74) is 1.20. The molecule has 1 saturated heterocycles.